The van der Waals surface area contributed by atoms with Gasteiger partial charge in [0.1, 0.15) is 5.54 Å². The highest BCUT2D eigenvalue weighted by Gasteiger charge is 2.49. The van der Waals surface area contributed by atoms with Gasteiger partial charge in [-0.3, -0.25) is 9.78 Å². The van der Waals surface area contributed by atoms with Crippen molar-refractivity contribution in [3.05, 3.63) is 77.6 Å². The lowest BCUT2D eigenvalue weighted by atomic mass is 9.89. The number of urea groups is 1. The minimum atomic E-state index is -5.56. The summed E-state index contributed by atoms with van der Waals surface area (Å²) in [6.07, 6.45) is 3.20. The number of aromatic nitrogens is 1. The van der Waals surface area contributed by atoms with Crippen LogP contribution in [0.5, 0.6) is 0 Å². The number of anilines is 1. The van der Waals surface area contributed by atoms with Crippen molar-refractivity contribution in [3.63, 3.8) is 0 Å². The predicted octanol–water partition coefficient (Wildman–Crippen LogP) is 4.75. The Labute approximate surface area is 203 Å². The number of sulfone groups is 1. The Morgan fingerprint density at radius 3 is 2.31 bits per heavy atom. The first-order valence-electron chi connectivity index (χ1n) is 10.1. The van der Waals surface area contributed by atoms with Gasteiger partial charge in [-0.1, -0.05) is 29.8 Å². The second-order valence-electron chi connectivity index (χ2n) is 8.04. The Hall–Kier alpha value is -3.44. The van der Waals surface area contributed by atoms with Gasteiger partial charge < -0.3 is 5.32 Å². The summed E-state index contributed by atoms with van der Waals surface area (Å²) in [6, 6.07) is 11.3. The second-order valence-corrected chi connectivity index (χ2v) is 10.4. The zero-order valence-corrected chi connectivity index (χ0v) is 19.6. The number of carbonyl (C=O) groups excluding carboxylic acids is 2. The fraction of sp³-hybridized carbons (Fsp3) is 0.174. The Morgan fingerprint density at radius 1 is 1.03 bits per heavy atom. The van der Waals surface area contributed by atoms with Crippen molar-refractivity contribution in [2.24, 2.45) is 0 Å². The van der Waals surface area contributed by atoms with E-state index in [0.29, 0.717) is 33.8 Å². The summed E-state index contributed by atoms with van der Waals surface area (Å²) in [5.41, 5.74) is -4.91. The van der Waals surface area contributed by atoms with E-state index in [-0.39, 0.29) is 12.1 Å². The number of halogens is 4. The average Bonchev–Trinajstić information content (AvgIpc) is 3.01. The van der Waals surface area contributed by atoms with Crippen molar-refractivity contribution in [2.45, 2.75) is 29.3 Å². The molecular formula is C23H17ClF3N3O4S. The zero-order chi connectivity index (χ0) is 25.6. The number of alkyl halides is 3. The van der Waals surface area contributed by atoms with Gasteiger partial charge in [0.25, 0.3) is 15.7 Å². The molecule has 0 spiro atoms. The molecule has 3 aromatic rings. The van der Waals surface area contributed by atoms with Crippen LogP contribution in [0.15, 0.2) is 71.9 Å². The van der Waals surface area contributed by atoms with Crippen molar-refractivity contribution < 1.29 is 31.2 Å². The van der Waals surface area contributed by atoms with Crippen molar-refractivity contribution in [1.29, 1.82) is 0 Å². The van der Waals surface area contributed by atoms with Crippen molar-refractivity contribution >= 4 is 39.1 Å². The summed E-state index contributed by atoms with van der Waals surface area (Å²) in [5, 5.41) is 3.10. The van der Waals surface area contributed by atoms with Crippen LogP contribution in [0.2, 0.25) is 5.02 Å². The molecule has 1 N–H and O–H groups in total. The normalized spacial score (nSPS) is 18.6. The van der Waals surface area contributed by atoms with E-state index in [9.17, 15) is 31.2 Å². The van der Waals surface area contributed by atoms with Crippen LogP contribution in [0.25, 0.3) is 11.1 Å². The van der Waals surface area contributed by atoms with Crippen molar-refractivity contribution in [1.82, 2.24) is 10.3 Å². The topological polar surface area (TPSA) is 96.4 Å². The Bertz CT molecular complexity index is 1430. The molecule has 0 radical (unpaired) electrons. The van der Waals surface area contributed by atoms with Crippen LogP contribution in [0.4, 0.5) is 23.7 Å². The van der Waals surface area contributed by atoms with Gasteiger partial charge in [0, 0.05) is 35.0 Å². The largest absolute Gasteiger partial charge is 0.501 e. The number of hydrogen-bond acceptors (Lipinski definition) is 5. The summed E-state index contributed by atoms with van der Waals surface area (Å²) in [5.74, 6) is -0.657. The summed E-state index contributed by atoms with van der Waals surface area (Å²) >= 11 is 6.32. The third kappa shape index (κ3) is 4.37. The number of carbonyl (C=O) groups is 2. The third-order valence-electron chi connectivity index (χ3n) is 5.59. The summed E-state index contributed by atoms with van der Waals surface area (Å²) < 4.78 is 61.6. The molecule has 1 aliphatic rings. The molecule has 2 heterocycles. The molecule has 1 unspecified atom stereocenters. The molecule has 35 heavy (non-hydrogen) atoms. The van der Waals surface area contributed by atoms with Gasteiger partial charge >= 0.3 is 11.5 Å². The maximum Gasteiger partial charge on any atom is 0.501 e. The van der Waals surface area contributed by atoms with E-state index in [2.05, 4.69) is 10.3 Å². The quantitative estimate of drug-likeness (QED) is 0.487. The summed E-state index contributed by atoms with van der Waals surface area (Å²) in [4.78, 5) is 29.9. The van der Waals surface area contributed by atoms with Crippen LogP contribution >= 0.6 is 11.6 Å². The lowest BCUT2D eigenvalue weighted by molar-refractivity contribution is -0.121. The molecule has 1 aromatic heterocycles. The number of amides is 3. The van der Waals surface area contributed by atoms with Crippen molar-refractivity contribution in [3.8, 4) is 11.1 Å². The highest BCUT2D eigenvalue weighted by Crippen LogP contribution is 2.35. The van der Waals surface area contributed by atoms with E-state index in [1.165, 1.54) is 13.1 Å². The lowest BCUT2D eigenvalue weighted by Crippen LogP contribution is -2.46. The summed E-state index contributed by atoms with van der Waals surface area (Å²) in [6.45, 7) is 1.52. The molecule has 0 bridgehead atoms. The number of pyridine rings is 1. The smallest absolute Gasteiger partial charge is 0.323 e. The molecular weight excluding hydrogens is 507 g/mol. The van der Waals surface area contributed by atoms with Gasteiger partial charge in [-0.05, 0) is 48.9 Å². The van der Waals surface area contributed by atoms with Gasteiger partial charge in [0.15, 0.2) is 0 Å². The molecule has 0 aliphatic carbocycles. The van der Waals surface area contributed by atoms with E-state index >= 15 is 0 Å². The number of hydrogen-bond donors (Lipinski definition) is 1. The number of nitrogens with zero attached hydrogens (tertiary/aromatic N) is 2. The second kappa shape index (κ2) is 8.65. The molecule has 1 aliphatic heterocycles. The molecule has 182 valence electrons. The maximum absolute atomic E-state index is 13.3. The zero-order valence-electron chi connectivity index (χ0n) is 18.0. The van der Waals surface area contributed by atoms with Crippen LogP contribution in [-0.2, 0) is 21.1 Å². The first-order valence-corrected chi connectivity index (χ1v) is 12.0. The van der Waals surface area contributed by atoms with Gasteiger partial charge in [-0.15, -0.1) is 0 Å². The lowest BCUT2D eigenvalue weighted by Gasteiger charge is -2.23. The molecule has 2 aromatic carbocycles. The van der Waals surface area contributed by atoms with Gasteiger partial charge in [-0.25, -0.2) is 18.1 Å². The average molecular weight is 524 g/mol. The molecule has 1 saturated heterocycles. The minimum absolute atomic E-state index is 0.0671. The summed E-state index contributed by atoms with van der Waals surface area (Å²) in [7, 11) is -5.56. The van der Waals surface area contributed by atoms with Gasteiger partial charge in [0.2, 0.25) is 0 Å². The first kappa shape index (κ1) is 24.7. The molecule has 1 fully saturated rings. The van der Waals surface area contributed by atoms with E-state index in [1.54, 1.807) is 36.5 Å². The van der Waals surface area contributed by atoms with Gasteiger partial charge in [0.05, 0.1) is 10.6 Å². The Balaban J connectivity index is 1.64. The standard InChI is InChI=1S/C23H17ClF3N3O4S/c1-22(12-14-10-11-28-13-18(14)17-4-2-3-5-19(17)24)20(31)30(21(32)29-22)15-6-8-16(9-7-15)35(33,34)23(25,26)27/h2-11,13H,12H2,1H3,(H,29,32). The molecule has 7 nitrogen and oxygen atoms in total. The monoisotopic (exact) mass is 523 g/mol. The maximum atomic E-state index is 13.3. The van der Waals surface area contributed by atoms with Crippen LogP contribution in [0, 0.1) is 0 Å². The van der Waals surface area contributed by atoms with Crippen LogP contribution in [0.1, 0.15) is 12.5 Å². The molecule has 1 atom stereocenters. The third-order valence-corrected chi connectivity index (χ3v) is 7.42. The fourth-order valence-corrected chi connectivity index (χ4v) is 4.83. The Morgan fingerprint density at radius 2 is 1.69 bits per heavy atom. The number of rotatable bonds is 5. The fourth-order valence-electron chi connectivity index (χ4n) is 3.83. The molecule has 3 amide bonds. The number of benzene rings is 2. The van der Waals surface area contributed by atoms with Crippen LogP contribution < -0.4 is 10.2 Å². The van der Waals surface area contributed by atoms with Crippen molar-refractivity contribution in [2.75, 3.05) is 4.90 Å². The molecule has 0 saturated carbocycles. The van der Waals surface area contributed by atoms with E-state index < -0.39 is 37.7 Å². The number of nitrogens with one attached hydrogen (secondary N) is 1. The highest BCUT2D eigenvalue weighted by atomic mass is 35.5. The van der Waals surface area contributed by atoms with E-state index in [4.69, 9.17) is 11.6 Å². The Kier molecular flexibility index (Phi) is 6.10. The van der Waals surface area contributed by atoms with Crippen LogP contribution in [0.3, 0.4) is 0 Å². The number of imide groups is 1. The molecule has 12 heteroatoms. The predicted molar refractivity (Wildman–Crippen MR) is 122 cm³/mol. The highest BCUT2D eigenvalue weighted by molar-refractivity contribution is 7.92. The van der Waals surface area contributed by atoms with E-state index in [1.807, 2.05) is 0 Å². The minimum Gasteiger partial charge on any atom is -0.323 e. The SMILES string of the molecule is CC1(Cc2ccncc2-c2ccccc2Cl)NC(=O)N(c2ccc(S(=O)(=O)C(F)(F)F)cc2)C1=O. The first-order chi connectivity index (χ1) is 16.3. The van der Waals surface area contributed by atoms with E-state index in [0.717, 1.165) is 17.0 Å². The van der Waals surface area contributed by atoms with Crippen LogP contribution in [-0.4, -0.2) is 36.4 Å². The van der Waals surface area contributed by atoms with Gasteiger partial charge in [-0.2, -0.15) is 13.2 Å². The molecule has 4 rings (SSSR count).